The fourth-order valence-corrected chi connectivity index (χ4v) is 10.2. The van der Waals surface area contributed by atoms with Gasteiger partial charge in [-0.15, -0.1) is 0 Å². The minimum absolute atomic E-state index is 0.343. The molecule has 0 aliphatic heterocycles. The second-order valence-corrected chi connectivity index (χ2v) is 20.3. The van der Waals surface area contributed by atoms with Crippen LogP contribution in [-0.2, 0) is 49.2 Å². The van der Waals surface area contributed by atoms with Crippen LogP contribution in [0.3, 0.4) is 0 Å². The third-order valence-corrected chi connectivity index (χ3v) is 14.3. The lowest BCUT2D eigenvalue weighted by Crippen LogP contribution is -2.10. The third kappa shape index (κ3) is 18.8. The molecule has 336 valence electrons. The van der Waals surface area contributed by atoms with E-state index in [1.165, 1.54) is 0 Å². The van der Waals surface area contributed by atoms with E-state index in [0.717, 1.165) is 86.5 Å². The molecule has 4 aromatic rings. The van der Waals surface area contributed by atoms with Gasteiger partial charge in [0.05, 0.1) is 33.0 Å². The van der Waals surface area contributed by atoms with Crippen LogP contribution in [0.15, 0.2) is 97.1 Å². The molecule has 0 atom stereocenters. The van der Waals surface area contributed by atoms with Gasteiger partial charge in [0, 0.05) is 22.7 Å². The van der Waals surface area contributed by atoms with Crippen molar-refractivity contribution in [3.63, 3.8) is 0 Å². The molecule has 0 fully saturated rings. The maximum absolute atomic E-state index is 14.2. The van der Waals surface area contributed by atoms with Gasteiger partial charge in [-0.3, -0.25) is 43.0 Å². The number of benzene rings is 4. The Morgan fingerprint density at radius 3 is 0.820 bits per heavy atom. The molecule has 0 spiro atoms. The Balaban J connectivity index is 1.34. The van der Waals surface area contributed by atoms with Crippen LogP contribution in [-0.4, -0.2) is 33.0 Å². The fraction of sp³-hybridized carbons (Fsp3) is 0.478. The van der Waals surface area contributed by atoms with Gasteiger partial charge in [0.1, 0.15) is 0 Å². The molecular weight excluding hydrogens is 829 g/mol. The summed E-state index contributed by atoms with van der Waals surface area (Å²) >= 11 is 0. The highest BCUT2D eigenvalue weighted by molar-refractivity contribution is 7.62. The van der Waals surface area contributed by atoms with Crippen LogP contribution in [0.4, 0.5) is 22.7 Å². The van der Waals surface area contributed by atoms with Gasteiger partial charge in [-0.1, -0.05) is 115 Å². The predicted molar refractivity (Wildman–Crippen MR) is 253 cm³/mol. The van der Waals surface area contributed by atoms with Gasteiger partial charge in [0.25, 0.3) is 0 Å². The highest BCUT2D eigenvalue weighted by Gasteiger charge is 2.27. The molecule has 0 saturated carbocycles. The zero-order valence-corrected chi connectivity index (χ0v) is 39.5. The van der Waals surface area contributed by atoms with E-state index < -0.39 is 23.2 Å². The van der Waals surface area contributed by atoms with Gasteiger partial charge in [0.2, 0.25) is 0 Å². The highest BCUT2D eigenvalue weighted by atomic mass is 31.2. The zero-order valence-electron chi connectivity index (χ0n) is 36.9. The van der Waals surface area contributed by atoms with Gasteiger partial charge in [0.15, 0.2) is 0 Å². The van der Waals surface area contributed by atoms with E-state index in [4.69, 9.17) is 22.6 Å². The van der Waals surface area contributed by atoms with Crippen molar-refractivity contribution >= 4 is 45.9 Å². The van der Waals surface area contributed by atoms with Gasteiger partial charge in [-0.05, 0) is 116 Å². The largest absolute Gasteiger partial charge is 0.432 e. The normalized spacial score (nSPS) is 12.0. The average Bonchev–Trinajstić information content (AvgIpc) is 3.24. The lowest BCUT2D eigenvalue weighted by Gasteiger charge is -2.22. The Labute approximate surface area is 365 Å². The lowest BCUT2D eigenvalue weighted by molar-refractivity contribution is 0.203. The van der Waals surface area contributed by atoms with Crippen molar-refractivity contribution in [1.82, 2.24) is 0 Å². The fourth-order valence-electron chi connectivity index (χ4n) is 5.87. The van der Waals surface area contributed by atoms with Crippen molar-refractivity contribution < 1.29 is 36.3 Å². The van der Waals surface area contributed by atoms with Crippen molar-refractivity contribution in [1.29, 1.82) is 0 Å². The average molecular weight is 899 g/mol. The molecule has 0 bridgehead atoms. The number of anilines is 4. The van der Waals surface area contributed by atoms with Crippen molar-refractivity contribution in [2.24, 2.45) is 0 Å². The molecule has 4 rings (SSSR count). The molecule has 4 aromatic carbocycles. The third-order valence-electron chi connectivity index (χ3n) is 9.52. The number of unbranched alkanes of at least 4 members (excludes halogenated alkanes) is 5. The molecule has 0 aliphatic carbocycles. The summed E-state index contributed by atoms with van der Waals surface area (Å²) in [6.45, 7) is 12.1. The van der Waals surface area contributed by atoms with Gasteiger partial charge in [-0.25, -0.2) is 13.7 Å². The first-order valence-electron chi connectivity index (χ1n) is 22.0. The molecule has 0 aromatic heterocycles. The van der Waals surface area contributed by atoms with Gasteiger partial charge >= 0.3 is 23.2 Å². The molecule has 0 radical (unpaired) electrons. The summed E-state index contributed by atoms with van der Waals surface area (Å²) < 4.78 is 69.6. The molecule has 15 heteroatoms. The molecule has 0 amide bonds. The molecule has 0 heterocycles. The standard InChI is InChI=1S/C46H69N4O8P3/c1-6-11-32-54-59(51,47-43-24-16-39(17-25-43)37-41-20-28-45(29-21-41)49-60(52,55-33-12-7-2)56-34-13-8-3)48-44-26-18-40(19-27-44)38-42-22-30-46(31-23-42)50-61(53,57-35-14-9-4)58-36-15-10-5/h16-31H,6-15,32-38H2,1-5H3,(H,49,52)(H,50,53)(H2,47,48,51). The first kappa shape index (κ1) is 50.2. The molecule has 0 aliphatic rings. The summed E-state index contributed by atoms with van der Waals surface area (Å²) in [5, 5.41) is 12.3. The number of hydrogen-bond donors (Lipinski definition) is 4. The van der Waals surface area contributed by atoms with E-state index in [-0.39, 0.29) is 0 Å². The van der Waals surface area contributed by atoms with Crippen molar-refractivity contribution in [2.75, 3.05) is 53.4 Å². The Hall–Kier alpha value is -3.43. The first-order chi connectivity index (χ1) is 29.5. The minimum atomic E-state index is -3.54. The van der Waals surface area contributed by atoms with Crippen molar-refractivity contribution in [3.8, 4) is 0 Å². The van der Waals surface area contributed by atoms with E-state index >= 15 is 0 Å². The smallest absolute Gasteiger partial charge is 0.299 e. The molecule has 4 N–H and O–H groups in total. The molecule has 61 heavy (non-hydrogen) atoms. The van der Waals surface area contributed by atoms with Crippen LogP contribution in [0.5, 0.6) is 0 Å². The van der Waals surface area contributed by atoms with Crippen molar-refractivity contribution in [3.05, 3.63) is 119 Å². The summed E-state index contributed by atoms with van der Waals surface area (Å²) in [7, 11) is -10.5. The Kier molecular flexibility index (Phi) is 22.2. The Morgan fingerprint density at radius 2 is 0.574 bits per heavy atom. The second-order valence-electron chi connectivity index (χ2n) is 15.1. The number of rotatable bonds is 32. The molecular formula is C46H69N4O8P3. The molecule has 12 nitrogen and oxygen atoms in total. The van der Waals surface area contributed by atoms with Crippen LogP contribution < -0.4 is 20.3 Å². The predicted octanol–water partition coefficient (Wildman–Crippen LogP) is 14.6. The SMILES string of the molecule is CCCCOP(=O)(Nc1ccc(Cc2ccc(NP(=O)(OCCCC)OCCCC)cc2)cc1)Nc1ccc(Cc2ccc(NP(=O)(OCCCC)OCCCC)cc2)cc1. The lowest BCUT2D eigenvalue weighted by atomic mass is 10.0. The van der Waals surface area contributed by atoms with E-state index in [2.05, 4.69) is 55.0 Å². The van der Waals surface area contributed by atoms with Crippen LogP contribution in [0.1, 0.15) is 121 Å². The highest BCUT2D eigenvalue weighted by Crippen LogP contribution is 2.50. The zero-order chi connectivity index (χ0) is 43.8. The van der Waals surface area contributed by atoms with Crippen molar-refractivity contribution in [2.45, 2.75) is 112 Å². The summed E-state index contributed by atoms with van der Waals surface area (Å²) in [5.41, 5.74) is 6.99. The summed E-state index contributed by atoms with van der Waals surface area (Å²) in [6.07, 6.45) is 10.0. The minimum Gasteiger partial charge on any atom is -0.299 e. The topological polar surface area (TPSA) is 145 Å². The molecule has 0 saturated heterocycles. The van der Waals surface area contributed by atoms with Gasteiger partial charge < -0.3 is 0 Å². The maximum Gasteiger partial charge on any atom is 0.432 e. The van der Waals surface area contributed by atoms with Gasteiger partial charge in [-0.2, -0.15) is 0 Å². The second kappa shape index (κ2) is 26.9. The van der Waals surface area contributed by atoms with E-state index in [9.17, 15) is 13.7 Å². The Bertz CT molecular complexity index is 1800. The van der Waals surface area contributed by atoms with E-state index in [1.807, 2.05) is 97.1 Å². The van der Waals surface area contributed by atoms with E-state index in [0.29, 0.717) is 68.6 Å². The maximum atomic E-state index is 14.2. The molecule has 0 unspecified atom stereocenters. The number of hydrogen-bond acceptors (Lipinski definition) is 8. The van der Waals surface area contributed by atoms with Crippen LogP contribution in [0.2, 0.25) is 0 Å². The van der Waals surface area contributed by atoms with Crippen LogP contribution >= 0.6 is 23.2 Å². The van der Waals surface area contributed by atoms with E-state index in [1.54, 1.807) is 0 Å². The summed E-state index contributed by atoms with van der Waals surface area (Å²) in [6, 6.07) is 31.1. The monoisotopic (exact) mass is 898 g/mol. The summed E-state index contributed by atoms with van der Waals surface area (Å²) in [5.74, 6) is 0. The number of nitrogens with one attached hydrogen (secondary N) is 4. The Morgan fingerprint density at radius 1 is 0.344 bits per heavy atom. The van der Waals surface area contributed by atoms with Crippen LogP contribution in [0.25, 0.3) is 0 Å². The quantitative estimate of drug-likeness (QED) is 0.0273. The summed E-state index contributed by atoms with van der Waals surface area (Å²) in [4.78, 5) is 0. The van der Waals surface area contributed by atoms with Crippen LogP contribution in [0, 0.1) is 0 Å². The first-order valence-corrected chi connectivity index (χ1v) is 26.7.